The van der Waals surface area contributed by atoms with Crippen molar-refractivity contribution in [3.8, 4) is 5.75 Å². The van der Waals surface area contributed by atoms with Crippen molar-refractivity contribution in [3.05, 3.63) is 52.2 Å². The van der Waals surface area contributed by atoms with Gasteiger partial charge in [-0.05, 0) is 46.5 Å². The summed E-state index contributed by atoms with van der Waals surface area (Å²) in [6.07, 6.45) is 1.36. The zero-order chi connectivity index (χ0) is 15.1. The van der Waals surface area contributed by atoms with E-state index in [9.17, 15) is 4.79 Å². The van der Waals surface area contributed by atoms with Crippen molar-refractivity contribution in [1.82, 2.24) is 0 Å². The molecule has 1 aromatic heterocycles. The minimum atomic E-state index is -0.625. The lowest BCUT2D eigenvalue weighted by molar-refractivity contribution is -0.142. The Kier molecular flexibility index (Phi) is 5.78. The highest BCUT2D eigenvalue weighted by molar-refractivity contribution is 7.07. The highest BCUT2D eigenvalue weighted by Crippen LogP contribution is 2.14. The maximum atomic E-state index is 11.3. The monoisotopic (exact) mass is 305 g/mol. The molecule has 5 heteroatoms. The van der Waals surface area contributed by atoms with Gasteiger partial charge in [0.1, 0.15) is 11.8 Å². The number of carbonyl (C=O) groups excluding carboxylic acids is 1. The Morgan fingerprint density at radius 1 is 1.24 bits per heavy atom. The first kappa shape index (κ1) is 15.5. The number of hydrogen-bond acceptors (Lipinski definition) is 5. The van der Waals surface area contributed by atoms with E-state index in [1.807, 2.05) is 24.3 Å². The fourth-order valence-electron chi connectivity index (χ4n) is 1.93. The molecule has 0 fully saturated rings. The smallest absolute Gasteiger partial charge is 0.322 e. The predicted octanol–water partition coefficient (Wildman–Crippen LogP) is 2.41. The molecule has 0 bridgehead atoms. The second kappa shape index (κ2) is 7.81. The van der Waals surface area contributed by atoms with Crippen molar-refractivity contribution in [2.45, 2.75) is 18.9 Å². The van der Waals surface area contributed by atoms with Crippen LogP contribution in [0.1, 0.15) is 11.1 Å². The van der Waals surface area contributed by atoms with Crippen LogP contribution in [0.15, 0.2) is 41.1 Å². The SMILES string of the molecule is COC(=O)C(N)Cc1ccc(OCCc2ccsc2)cc1. The van der Waals surface area contributed by atoms with Gasteiger partial charge in [0.05, 0.1) is 13.7 Å². The lowest BCUT2D eigenvalue weighted by Crippen LogP contribution is -2.33. The lowest BCUT2D eigenvalue weighted by atomic mass is 10.1. The van der Waals surface area contributed by atoms with Gasteiger partial charge >= 0.3 is 5.97 Å². The molecule has 2 rings (SSSR count). The molecule has 1 atom stereocenters. The van der Waals surface area contributed by atoms with Gasteiger partial charge in [-0.1, -0.05) is 12.1 Å². The second-order valence-electron chi connectivity index (χ2n) is 4.71. The van der Waals surface area contributed by atoms with Gasteiger partial charge in [0, 0.05) is 6.42 Å². The molecule has 0 radical (unpaired) electrons. The van der Waals surface area contributed by atoms with Gasteiger partial charge in [0.2, 0.25) is 0 Å². The van der Waals surface area contributed by atoms with Crippen LogP contribution < -0.4 is 10.5 Å². The van der Waals surface area contributed by atoms with Gasteiger partial charge in [-0.15, -0.1) is 0 Å². The summed E-state index contributed by atoms with van der Waals surface area (Å²) in [5, 5.41) is 4.19. The topological polar surface area (TPSA) is 61.5 Å². The molecule has 1 aromatic carbocycles. The number of nitrogens with two attached hydrogens (primary N) is 1. The van der Waals surface area contributed by atoms with E-state index in [1.165, 1.54) is 12.7 Å². The molecule has 4 nitrogen and oxygen atoms in total. The predicted molar refractivity (Wildman–Crippen MR) is 83.7 cm³/mol. The summed E-state index contributed by atoms with van der Waals surface area (Å²) in [6.45, 7) is 0.651. The molecule has 1 unspecified atom stereocenters. The first-order valence-corrected chi connectivity index (χ1v) is 7.69. The van der Waals surface area contributed by atoms with Gasteiger partial charge in [-0.25, -0.2) is 0 Å². The Morgan fingerprint density at radius 2 is 2.00 bits per heavy atom. The molecule has 21 heavy (non-hydrogen) atoms. The molecular formula is C16H19NO3S. The highest BCUT2D eigenvalue weighted by atomic mass is 32.1. The average molecular weight is 305 g/mol. The van der Waals surface area contributed by atoms with E-state index in [2.05, 4.69) is 21.6 Å². The summed E-state index contributed by atoms with van der Waals surface area (Å²) in [6, 6.07) is 9.11. The number of hydrogen-bond donors (Lipinski definition) is 1. The van der Waals surface area contributed by atoms with Crippen molar-refractivity contribution >= 4 is 17.3 Å². The van der Waals surface area contributed by atoms with Crippen LogP contribution in [0.3, 0.4) is 0 Å². The molecule has 0 aliphatic heterocycles. The fourth-order valence-corrected chi connectivity index (χ4v) is 2.64. The van der Waals surface area contributed by atoms with Crippen molar-refractivity contribution < 1.29 is 14.3 Å². The largest absolute Gasteiger partial charge is 0.493 e. The molecular weight excluding hydrogens is 286 g/mol. The zero-order valence-corrected chi connectivity index (χ0v) is 12.8. The number of carbonyl (C=O) groups is 1. The Bertz CT molecular complexity index is 551. The molecule has 112 valence electrons. The lowest BCUT2D eigenvalue weighted by Gasteiger charge is -2.10. The van der Waals surface area contributed by atoms with Gasteiger partial charge in [-0.2, -0.15) is 11.3 Å². The van der Waals surface area contributed by atoms with Crippen molar-refractivity contribution in [3.63, 3.8) is 0 Å². The zero-order valence-electron chi connectivity index (χ0n) is 12.0. The first-order chi connectivity index (χ1) is 10.2. The first-order valence-electron chi connectivity index (χ1n) is 6.75. The van der Waals surface area contributed by atoms with E-state index in [1.54, 1.807) is 11.3 Å². The highest BCUT2D eigenvalue weighted by Gasteiger charge is 2.13. The van der Waals surface area contributed by atoms with E-state index in [0.29, 0.717) is 13.0 Å². The molecule has 0 saturated heterocycles. The normalized spacial score (nSPS) is 11.9. The minimum Gasteiger partial charge on any atom is -0.493 e. The summed E-state index contributed by atoms with van der Waals surface area (Å²) >= 11 is 1.69. The number of ether oxygens (including phenoxy) is 2. The molecule has 2 N–H and O–H groups in total. The van der Waals surface area contributed by atoms with E-state index < -0.39 is 12.0 Å². The molecule has 1 heterocycles. The summed E-state index contributed by atoms with van der Waals surface area (Å²) in [4.78, 5) is 11.3. The average Bonchev–Trinajstić information content (AvgIpc) is 3.01. The Morgan fingerprint density at radius 3 is 2.62 bits per heavy atom. The van der Waals surface area contributed by atoms with Crippen molar-refractivity contribution in [2.24, 2.45) is 5.73 Å². The number of methoxy groups -OCH3 is 1. The fraction of sp³-hybridized carbons (Fsp3) is 0.312. The van der Waals surface area contributed by atoms with Gasteiger partial charge in [0.15, 0.2) is 0 Å². The standard InChI is InChI=1S/C16H19NO3S/c1-19-16(18)15(17)10-12-2-4-14(5-3-12)20-8-6-13-7-9-21-11-13/h2-5,7,9,11,15H,6,8,10,17H2,1H3. The van der Waals surface area contributed by atoms with Gasteiger partial charge < -0.3 is 15.2 Å². The molecule has 0 saturated carbocycles. The van der Waals surface area contributed by atoms with Crippen LogP contribution in [0.2, 0.25) is 0 Å². The summed E-state index contributed by atoms with van der Waals surface area (Å²) < 4.78 is 10.3. The van der Waals surface area contributed by atoms with Crippen LogP contribution in [-0.4, -0.2) is 25.7 Å². The quantitative estimate of drug-likeness (QED) is 0.798. The van der Waals surface area contributed by atoms with Crippen LogP contribution in [-0.2, 0) is 22.4 Å². The van der Waals surface area contributed by atoms with Gasteiger partial charge in [0.25, 0.3) is 0 Å². The third kappa shape index (κ3) is 4.88. The van der Waals surface area contributed by atoms with Crippen molar-refractivity contribution in [1.29, 1.82) is 0 Å². The van der Waals surface area contributed by atoms with E-state index in [0.717, 1.165) is 17.7 Å². The minimum absolute atomic E-state index is 0.397. The Labute approximate surface area is 128 Å². The van der Waals surface area contributed by atoms with Crippen LogP contribution in [0.4, 0.5) is 0 Å². The number of thiophene rings is 1. The molecule has 0 aliphatic rings. The van der Waals surface area contributed by atoms with E-state index in [-0.39, 0.29) is 0 Å². The van der Waals surface area contributed by atoms with Crippen LogP contribution >= 0.6 is 11.3 Å². The second-order valence-corrected chi connectivity index (χ2v) is 5.49. The van der Waals surface area contributed by atoms with Gasteiger partial charge in [-0.3, -0.25) is 4.79 Å². The third-order valence-electron chi connectivity index (χ3n) is 3.12. The Balaban J connectivity index is 1.80. The number of benzene rings is 1. The summed E-state index contributed by atoms with van der Waals surface area (Å²) in [5.74, 6) is 0.423. The van der Waals surface area contributed by atoms with Crippen molar-refractivity contribution in [2.75, 3.05) is 13.7 Å². The maximum Gasteiger partial charge on any atom is 0.322 e. The summed E-state index contributed by atoms with van der Waals surface area (Å²) in [5.41, 5.74) is 8.00. The van der Waals surface area contributed by atoms with E-state index >= 15 is 0 Å². The molecule has 0 amide bonds. The Hall–Kier alpha value is -1.85. The molecule has 0 aliphatic carbocycles. The summed E-state index contributed by atoms with van der Waals surface area (Å²) in [7, 11) is 1.34. The van der Waals surface area contributed by atoms with Crippen LogP contribution in [0.25, 0.3) is 0 Å². The third-order valence-corrected chi connectivity index (χ3v) is 3.85. The van der Waals surface area contributed by atoms with E-state index in [4.69, 9.17) is 10.5 Å². The molecule has 0 spiro atoms. The maximum absolute atomic E-state index is 11.3. The van der Waals surface area contributed by atoms with Crippen LogP contribution in [0, 0.1) is 0 Å². The van der Waals surface area contributed by atoms with Crippen LogP contribution in [0.5, 0.6) is 5.75 Å². The number of rotatable bonds is 7. The number of esters is 1. The molecule has 2 aromatic rings.